The molecule has 2 unspecified atom stereocenters. The average Bonchev–Trinajstić information content (AvgIpc) is 2.82. The first-order valence-corrected chi connectivity index (χ1v) is 7.58. The van der Waals surface area contributed by atoms with Crippen LogP contribution in [0.3, 0.4) is 0 Å². The van der Waals surface area contributed by atoms with Gasteiger partial charge in [0.05, 0.1) is 7.11 Å². The van der Waals surface area contributed by atoms with Crippen LogP contribution in [-0.2, 0) is 5.41 Å². The predicted octanol–water partition coefficient (Wildman–Crippen LogP) is 3.75. The standard InChI is InChI=1S/C17H27NO/c1-4-11-18-13-17(10-6-7-14(17)2)15-8-5-9-16(12-15)19-3/h5,8-9,12,14,18H,4,6-7,10-11,13H2,1-3H3. The van der Waals surface area contributed by atoms with Crippen molar-refractivity contribution in [1.82, 2.24) is 5.32 Å². The molecule has 1 saturated carbocycles. The van der Waals surface area contributed by atoms with E-state index in [4.69, 9.17) is 4.74 Å². The zero-order valence-corrected chi connectivity index (χ0v) is 12.5. The Balaban J connectivity index is 2.25. The number of nitrogens with one attached hydrogen (secondary N) is 1. The molecule has 0 amide bonds. The van der Waals surface area contributed by atoms with Crippen LogP contribution in [0.1, 0.15) is 45.1 Å². The third-order valence-corrected chi connectivity index (χ3v) is 4.72. The summed E-state index contributed by atoms with van der Waals surface area (Å²) in [5.74, 6) is 1.72. The molecule has 0 bridgehead atoms. The topological polar surface area (TPSA) is 21.3 Å². The second-order valence-corrected chi connectivity index (χ2v) is 5.86. The number of rotatable bonds is 6. The van der Waals surface area contributed by atoms with E-state index in [1.165, 1.54) is 31.2 Å². The highest BCUT2D eigenvalue weighted by Gasteiger charge is 2.41. The molecule has 1 aliphatic rings. The van der Waals surface area contributed by atoms with Crippen LogP contribution in [0.2, 0.25) is 0 Å². The summed E-state index contributed by atoms with van der Waals surface area (Å²) >= 11 is 0. The Morgan fingerprint density at radius 2 is 2.26 bits per heavy atom. The third kappa shape index (κ3) is 2.94. The van der Waals surface area contributed by atoms with Crippen molar-refractivity contribution in [2.75, 3.05) is 20.2 Å². The molecule has 1 aliphatic carbocycles. The lowest BCUT2D eigenvalue weighted by molar-refractivity contribution is 0.316. The van der Waals surface area contributed by atoms with Crippen molar-refractivity contribution in [3.05, 3.63) is 29.8 Å². The van der Waals surface area contributed by atoms with Crippen molar-refractivity contribution < 1.29 is 4.74 Å². The number of methoxy groups -OCH3 is 1. The van der Waals surface area contributed by atoms with Crippen LogP contribution in [0, 0.1) is 5.92 Å². The van der Waals surface area contributed by atoms with Crippen LogP contribution in [0.25, 0.3) is 0 Å². The maximum Gasteiger partial charge on any atom is 0.119 e. The summed E-state index contributed by atoms with van der Waals surface area (Å²) in [6.07, 6.45) is 5.16. The van der Waals surface area contributed by atoms with Gasteiger partial charge >= 0.3 is 0 Å². The Bertz CT molecular complexity index is 404. The molecule has 0 heterocycles. The van der Waals surface area contributed by atoms with Crippen molar-refractivity contribution in [1.29, 1.82) is 0 Å². The van der Waals surface area contributed by atoms with E-state index in [9.17, 15) is 0 Å². The lowest BCUT2D eigenvalue weighted by Gasteiger charge is -2.35. The smallest absolute Gasteiger partial charge is 0.119 e. The van der Waals surface area contributed by atoms with E-state index >= 15 is 0 Å². The van der Waals surface area contributed by atoms with Gasteiger partial charge in [0.15, 0.2) is 0 Å². The maximum atomic E-state index is 5.40. The quantitative estimate of drug-likeness (QED) is 0.787. The third-order valence-electron chi connectivity index (χ3n) is 4.72. The molecule has 2 rings (SSSR count). The largest absolute Gasteiger partial charge is 0.497 e. The van der Waals surface area contributed by atoms with Gasteiger partial charge in [0, 0.05) is 12.0 Å². The van der Waals surface area contributed by atoms with E-state index in [0.717, 1.165) is 24.8 Å². The molecule has 2 nitrogen and oxygen atoms in total. The van der Waals surface area contributed by atoms with Crippen LogP contribution < -0.4 is 10.1 Å². The van der Waals surface area contributed by atoms with Gasteiger partial charge in [-0.1, -0.05) is 32.4 Å². The Hall–Kier alpha value is -1.02. The lowest BCUT2D eigenvalue weighted by atomic mass is 9.72. The molecule has 0 aromatic heterocycles. The Kier molecular flexibility index (Phi) is 4.87. The lowest BCUT2D eigenvalue weighted by Crippen LogP contribution is -2.40. The van der Waals surface area contributed by atoms with Crippen molar-refractivity contribution in [2.45, 2.75) is 44.9 Å². The van der Waals surface area contributed by atoms with E-state index in [1.807, 2.05) is 6.07 Å². The SMILES string of the molecule is CCCNCC1(c2cccc(OC)c2)CCCC1C. The van der Waals surface area contributed by atoms with Crippen LogP contribution >= 0.6 is 0 Å². The molecule has 1 N–H and O–H groups in total. The molecule has 0 aliphatic heterocycles. The molecule has 2 heteroatoms. The van der Waals surface area contributed by atoms with E-state index < -0.39 is 0 Å². The molecule has 0 spiro atoms. The number of hydrogen-bond acceptors (Lipinski definition) is 2. The highest BCUT2D eigenvalue weighted by Crippen LogP contribution is 2.45. The van der Waals surface area contributed by atoms with Crippen LogP contribution in [0.5, 0.6) is 5.75 Å². The Labute approximate surface area is 117 Å². The first-order chi connectivity index (χ1) is 9.23. The fourth-order valence-corrected chi connectivity index (χ4v) is 3.46. The Morgan fingerprint density at radius 3 is 2.89 bits per heavy atom. The molecule has 1 fully saturated rings. The molecule has 1 aromatic rings. The van der Waals surface area contributed by atoms with Gasteiger partial charge in [-0.05, 0) is 49.4 Å². The van der Waals surface area contributed by atoms with E-state index in [0.29, 0.717) is 5.41 Å². The Morgan fingerprint density at radius 1 is 1.42 bits per heavy atom. The van der Waals surface area contributed by atoms with Crippen molar-refractivity contribution >= 4 is 0 Å². The maximum absolute atomic E-state index is 5.40. The number of benzene rings is 1. The second-order valence-electron chi connectivity index (χ2n) is 5.86. The van der Waals surface area contributed by atoms with Crippen LogP contribution in [0.4, 0.5) is 0 Å². The normalized spacial score (nSPS) is 26.6. The molecular formula is C17H27NO. The van der Waals surface area contributed by atoms with Gasteiger partial charge in [0.2, 0.25) is 0 Å². The fourth-order valence-electron chi connectivity index (χ4n) is 3.46. The minimum absolute atomic E-state index is 0.295. The van der Waals surface area contributed by atoms with Gasteiger partial charge < -0.3 is 10.1 Å². The van der Waals surface area contributed by atoms with Gasteiger partial charge in [-0.3, -0.25) is 0 Å². The zero-order valence-electron chi connectivity index (χ0n) is 12.5. The predicted molar refractivity (Wildman–Crippen MR) is 80.8 cm³/mol. The van der Waals surface area contributed by atoms with Crippen molar-refractivity contribution in [3.8, 4) is 5.75 Å². The summed E-state index contributed by atoms with van der Waals surface area (Å²) in [4.78, 5) is 0. The van der Waals surface area contributed by atoms with Crippen LogP contribution in [-0.4, -0.2) is 20.2 Å². The number of ether oxygens (including phenoxy) is 1. The van der Waals surface area contributed by atoms with Gasteiger partial charge in [0.1, 0.15) is 5.75 Å². The summed E-state index contributed by atoms with van der Waals surface area (Å²) in [5.41, 5.74) is 1.74. The van der Waals surface area contributed by atoms with Gasteiger partial charge in [-0.25, -0.2) is 0 Å². The summed E-state index contributed by atoms with van der Waals surface area (Å²) in [5, 5.41) is 3.64. The zero-order chi connectivity index (χ0) is 13.7. The highest BCUT2D eigenvalue weighted by molar-refractivity contribution is 5.35. The first kappa shape index (κ1) is 14.4. The minimum Gasteiger partial charge on any atom is -0.497 e. The molecule has 2 atom stereocenters. The highest BCUT2D eigenvalue weighted by atomic mass is 16.5. The fraction of sp³-hybridized carbons (Fsp3) is 0.647. The van der Waals surface area contributed by atoms with Gasteiger partial charge in [0.25, 0.3) is 0 Å². The summed E-state index contributed by atoms with van der Waals surface area (Å²) in [6, 6.07) is 8.67. The van der Waals surface area contributed by atoms with E-state index in [2.05, 4.69) is 37.4 Å². The number of hydrogen-bond donors (Lipinski definition) is 1. The first-order valence-electron chi connectivity index (χ1n) is 7.58. The van der Waals surface area contributed by atoms with E-state index in [1.54, 1.807) is 7.11 Å². The van der Waals surface area contributed by atoms with Crippen molar-refractivity contribution in [2.24, 2.45) is 5.92 Å². The molecule has 0 radical (unpaired) electrons. The van der Waals surface area contributed by atoms with Crippen LogP contribution in [0.15, 0.2) is 24.3 Å². The van der Waals surface area contributed by atoms with E-state index in [-0.39, 0.29) is 0 Å². The summed E-state index contributed by atoms with van der Waals surface area (Å²) < 4.78 is 5.40. The average molecular weight is 261 g/mol. The van der Waals surface area contributed by atoms with Gasteiger partial charge in [-0.15, -0.1) is 0 Å². The second kappa shape index (κ2) is 6.42. The summed E-state index contributed by atoms with van der Waals surface area (Å²) in [7, 11) is 1.75. The molecule has 0 saturated heterocycles. The minimum atomic E-state index is 0.295. The van der Waals surface area contributed by atoms with Gasteiger partial charge in [-0.2, -0.15) is 0 Å². The monoisotopic (exact) mass is 261 g/mol. The molecule has 19 heavy (non-hydrogen) atoms. The molecule has 1 aromatic carbocycles. The van der Waals surface area contributed by atoms with Crippen molar-refractivity contribution in [3.63, 3.8) is 0 Å². The summed E-state index contributed by atoms with van der Waals surface area (Å²) in [6.45, 7) is 6.83. The molecular weight excluding hydrogens is 234 g/mol. The molecule has 106 valence electrons.